The van der Waals surface area contributed by atoms with Gasteiger partial charge in [-0.25, -0.2) is 0 Å². The van der Waals surface area contributed by atoms with Crippen LogP contribution in [0.4, 0.5) is 0 Å². The van der Waals surface area contributed by atoms with Gasteiger partial charge in [0.25, 0.3) is 0 Å². The van der Waals surface area contributed by atoms with Crippen molar-refractivity contribution in [2.24, 2.45) is 5.92 Å². The van der Waals surface area contributed by atoms with Gasteiger partial charge in [0.15, 0.2) is 5.78 Å². The van der Waals surface area contributed by atoms with E-state index in [1.54, 1.807) is 0 Å². The number of ketones is 1. The first-order chi connectivity index (χ1) is 10.5. The van der Waals surface area contributed by atoms with E-state index < -0.39 is 11.9 Å². The molecule has 0 bridgehead atoms. The largest absolute Gasteiger partial charge is 0.481 e. The van der Waals surface area contributed by atoms with Gasteiger partial charge in [-0.3, -0.25) is 9.59 Å². The third-order valence-corrected chi connectivity index (χ3v) is 4.51. The fourth-order valence-electron chi connectivity index (χ4n) is 3.03. The highest BCUT2D eigenvalue weighted by molar-refractivity contribution is 5.99. The number of hydrogen-bond acceptors (Lipinski definition) is 3. The normalized spacial score (nSPS) is 17.2. The first-order valence-corrected chi connectivity index (χ1v) is 8.03. The van der Waals surface area contributed by atoms with Crippen LogP contribution in [0.3, 0.4) is 0 Å². The van der Waals surface area contributed by atoms with Crippen LogP contribution in [0.5, 0.6) is 0 Å². The van der Waals surface area contributed by atoms with E-state index in [9.17, 15) is 9.59 Å². The second-order valence-corrected chi connectivity index (χ2v) is 6.32. The molecule has 1 heterocycles. The Morgan fingerprint density at radius 3 is 2.41 bits per heavy atom. The van der Waals surface area contributed by atoms with Gasteiger partial charge in [0.05, 0.1) is 6.42 Å². The lowest BCUT2D eigenvalue weighted by molar-refractivity contribution is -0.137. The van der Waals surface area contributed by atoms with Crippen LogP contribution < -0.4 is 0 Å². The summed E-state index contributed by atoms with van der Waals surface area (Å²) in [7, 11) is 0. The highest BCUT2D eigenvalue weighted by atomic mass is 16.4. The summed E-state index contributed by atoms with van der Waals surface area (Å²) < 4.78 is 0. The van der Waals surface area contributed by atoms with Crippen molar-refractivity contribution in [3.8, 4) is 0 Å². The maximum atomic E-state index is 12.7. The summed E-state index contributed by atoms with van der Waals surface area (Å²) in [6.45, 7) is 6.47. The smallest absolute Gasteiger partial charge is 0.304 e. The Balaban J connectivity index is 2.13. The molecule has 0 spiro atoms. The van der Waals surface area contributed by atoms with E-state index in [1.807, 2.05) is 32.0 Å². The molecule has 0 saturated carbocycles. The summed E-state index contributed by atoms with van der Waals surface area (Å²) in [5.74, 6) is -1.41. The average Bonchev–Trinajstić information content (AvgIpc) is 2.49. The van der Waals surface area contributed by atoms with Crippen molar-refractivity contribution in [3.05, 3.63) is 34.9 Å². The molecule has 1 aliphatic heterocycles. The van der Waals surface area contributed by atoms with Crippen molar-refractivity contribution >= 4 is 11.8 Å². The number of carbonyl (C=O) groups is 2. The third kappa shape index (κ3) is 4.41. The van der Waals surface area contributed by atoms with Crippen LogP contribution in [0, 0.1) is 19.8 Å². The van der Waals surface area contributed by atoms with E-state index in [2.05, 4.69) is 4.90 Å². The SMILES string of the molecule is Cc1ccc(C(=O)C(CC(=O)O)CN2CCCCC2)cc1C. The van der Waals surface area contributed by atoms with Crippen LogP contribution in [0.2, 0.25) is 0 Å². The van der Waals surface area contributed by atoms with E-state index in [1.165, 1.54) is 6.42 Å². The molecule has 1 fully saturated rings. The molecule has 1 saturated heterocycles. The number of aliphatic carboxylic acids is 1. The molecule has 4 nitrogen and oxygen atoms in total. The minimum atomic E-state index is -0.904. The second-order valence-electron chi connectivity index (χ2n) is 6.32. The number of likely N-dealkylation sites (tertiary alicyclic amines) is 1. The molecule has 1 unspecified atom stereocenters. The van der Waals surface area contributed by atoms with Gasteiger partial charge in [0.2, 0.25) is 0 Å². The minimum absolute atomic E-state index is 0.0453. The number of carboxylic acids is 1. The number of piperidine rings is 1. The zero-order chi connectivity index (χ0) is 16.1. The Morgan fingerprint density at radius 1 is 1.14 bits per heavy atom. The van der Waals surface area contributed by atoms with Crippen molar-refractivity contribution in [3.63, 3.8) is 0 Å². The van der Waals surface area contributed by atoms with Gasteiger partial charge in [-0.05, 0) is 57.0 Å². The monoisotopic (exact) mass is 303 g/mol. The van der Waals surface area contributed by atoms with Crippen molar-refractivity contribution in [1.29, 1.82) is 0 Å². The summed E-state index contributed by atoms with van der Waals surface area (Å²) in [5.41, 5.74) is 2.84. The van der Waals surface area contributed by atoms with Crippen LogP contribution in [0.15, 0.2) is 18.2 Å². The van der Waals surface area contributed by atoms with Crippen LogP contribution in [-0.4, -0.2) is 41.4 Å². The van der Waals surface area contributed by atoms with E-state index in [0.29, 0.717) is 12.1 Å². The van der Waals surface area contributed by atoms with E-state index in [0.717, 1.165) is 37.1 Å². The van der Waals surface area contributed by atoms with Gasteiger partial charge in [-0.15, -0.1) is 0 Å². The molecule has 22 heavy (non-hydrogen) atoms. The highest BCUT2D eigenvalue weighted by Crippen LogP contribution is 2.19. The number of nitrogens with zero attached hydrogens (tertiary/aromatic N) is 1. The molecule has 0 aliphatic carbocycles. The van der Waals surface area contributed by atoms with Gasteiger partial charge in [-0.2, -0.15) is 0 Å². The lowest BCUT2D eigenvalue weighted by Crippen LogP contribution is -2.37. The molecule has 0 aromatic heterocycles. The number of carbonyl (C=O) groups excluding carboxylic acids is 1. The number of aryl methyl sites for hydroxylation is 2. The minimum Gasteiger partial charge on any atom is -0.481 e. The van der Waals surface area contributed by atoms with Crippen LogP contribution in [0.25, 0.3) is 0 Å². The van der Waals surface area contributed by atoms with E-state index in [-0.39, 0.29) is 12.2 Å². The number of benzene rings is 1. The quantitative estimate of drug-likeness (QED) is 0.821. The van der Waals surface area contributed by atoms with Crippen LogP contribution in [0.1, 0.15) is 47.2 Å². The zero-order valence-corrected chi connectivity index (χ0v) is 13.5. The average molecular weight is 303 g/mol. The molecule has 120 valence electrons. The standard InChI is InChI=1S/C18H25NO3/c1-13-6-7-15(10-14(13)2)18(22)16(11-17(20)21)12-19-8-4-3-5-9-19/h6-7,10,16H,3-5,8-9,11-12H2,1-2H3,(H,20,21). The number of hydrogen-bond donors (Lipinski definition) is 1. The van der Waals surface area contributed by atoms with Gasteiger partial charge in [-0.1, -0.05) is 18.6 Å². The molecule has 1 aliphatic rings. The third-order valence-electron chi connectivity index (χ3n) is 4.51. The first-order valence-electron chi connectivity index (χ1n) is 8.03. The molecule has 0 radical (unpaired) electrons. The Morgan fingerprint density at radius 2 is 1.82 bits per heavy atom. The van der Waals surface area contributed by atoms with E-state index >= 15 is 0 Å². The van der Waals surface area contributed by atoms with Gasteiger partial charge in [0.1, 0.15) is 0 Å². The topological polar surface area (TPSA) is 57.6 Å². The Labute approximate surface area is 132 Å². The number of Topliss-reactive ketones (excluding diaryl/α,β-unsaturated/α-hetero) is 1. The molecule has 1 atom stereocenters. The molecule has 1 aromatic rings. The Kier molecular flexibility index (Phi) is 5.72. The van der Waals surface area contributed by atoms with Crippen molar-refractivity contribution in [2.75, 3.05) is 19.6 Å². The lowest BCUT2D eigenvalue weighted by Gasteiger charge is -2.29. The zero-order valence-electron chi connectivity index (χ0n) is 13.5. The predicted octanol–water partition coefficient (Wildman–Crippen LogP) is 3.06. The molecular formula is C18H25NO3. The molecule has 0 amide bonds. The summed E-state index contributed by atoms with van der Waals surface area (Å²) in [5, 5.41) is 9.14. The summed E-state index contributed by atoms with van der Waals surface area (Å²) in [6, 6.07) is 5.62. The van der Waals surface area contributed by atoms with Gasteiger partial charge in [0, 0.05) is 18.0 Å². The lowest BCUT2D eigenvalue weighted by atomic mass is 9.91. The number of carboxylic acid groups (broad SMARTS) is 1. The predicted molar refractivity (Wildman–Crippen MR) is 86.3 cm³/mol. The Hall–Kier alpha value is -1.68. The molecule has 1 N–H and O–H groups in total. The first kappa shape index (κ1) is 16.7. The van der Waals surface area contributed by atoms with E-state index in [4.69, 9.17) is 5.11 Å². The highest BCUT2D eigenvalue weighted by Gasteiger charge is 2.26. The molecule has 1 aromatic carbocycles. The summed E-state index contributed by atoms with van der Waals surface area (Å²) in [6.07, 6.45) is 3.41. The summed E-state index contributed by atoms with van der Waals surface area (Å²) in [4.78, 5) is 26.1. The second kappa shape index (κ2) is 7.54. The van der Waals surface area contributed by atoms with Crippen molar-refractivity contribution < 1.29 is 14.7 Å². The maximum absolute atomic E-state index is 12.7. The molecular weight excluding hydrogens is 278 g/mol. The van der Waals surface area contributed by atoms with Gasteiger partial charge < -0.3 is 10.0 Å². The van der Waals surface area contributed by atoms with Crippen molar-refractivity contribution in [2.45, 2.75) is 39.5 Å². The van der Waals surface area contributed by atoms with Gasteiger partial charge >= 0.3 is 5.97 Å². The fourth-order valence-corrected chi connectivity index (χ4v) is 3.03. The molecule has 4 heteroatoms. The fraction of sp³-hybridized carbons (Fsp3) is 0.556. The van der Waals surface area contributed by atoms with Crippen molar-refractivity contribution in [1.82, 2.24) is 4.90 Å². The summed E-state index contributed by atoms with van der Waals surface area (Å²) >= 11 is 0. The Bertz CT molecular complexity index is 547. The van der Waals surface area contributed by atoms with Crippen LogP contribution in [-0.2, 0) is 4.79 Å². The number of rotatable bonds is 6. The van der Waals surface area contributed by atoms with Crippen LogP contribution >= 0.6 is 0 Å². The maximum Gasteiger partial charge on any atom is 0.304 e. The molecule has 2 rings (SSSR count).